The monoisotopic (exact) mass is 274 g/mol. The molecule has 0 spiro atoms. The van der Waals surface area contributed by atoms with Gasteiger partial charge in [0.15, 0.2) is 0 Å². The molecule has 1 saturated carbocycles. The van der Waals surface area contributed by atoms with E-state index in [0.717, 1.165) is 11.3 Å². The zero-order valence-electron chi connectivity index (χ0n) is 10.1. The summed E-state index contributed by atoms with van der Waals surface area (Å²) in [7, 11) is -1.70. The van der Waals surface area contributed by atoms with Gasteiger partial charge in [0.1, 0.15) is 0 Å². The number of nitrogens with zero attached hydrogens (tertiary/aromatic N) is 1. The lowest BCUT2D eigenvalue weighted by atomic mass is 10.3. The van der Waals surface area contributed by atoms with Crippen molar-refractivity contribution in [2.45, 2.75) is 24.8 Å². The van der Waals surface area contributed by atoms with Crippen molar-refractivity contribution < 1.29 is 8.42 Å². The summed E-state index contributed by atoms with van der Waals surface area (Å²) in [5.74, 6) is 1.18. The van der Waals surface area contributed by atoms with Crippen LogP contribution in [-0.2, 0) is 16.6 Å². The van der Waals surface area contributed by atoms with E-state index in [1.807, 2.05) is 0 Å². The van der Waals surface area contributed by atoms with E-state index in [1.165, 1.54) is 15.6 Å². The first kappa shape index (κ1) is 13.0. The lowest BCUT2D eigenvalue weighted by molar-refractivity contribution is 0.444. The Morgan fingerprint density at radius 3 is 2.76 bits per heavy atom. The molecular weight excluding hydrogens is 256 g/mol. The fourth-order valence-electron chi connectivity index (χ4n) is 1.96. The van der Waals surface area contributed by atoms with Crippen molar-refractivity contribution in [3.8, 4) is 0 Å². The molecular formula is C11H18N2O2S2. The van der Waals surface area contributed by atoms with Gasteiger partial charge in [-0.1, -0.05) is 6.92 Å². The highest BCUT2D eigenvalue weighted by atomic mass is 32.2. The SMILES string of the molecule is CC1CC1CN(C)S(=O)(=O)c1ccsc1CN. The molecule has 17 heavy (non-hydrogen) atoms. The molecule has 0 aliphatic heterocycles. The lowest BCUT2D eigenvalue weighted by Gasteiger charge is -2.17. The molecule has 1 heterocycles. The molecule has 1 fully saturated rings. The average molecular weight is 274 g/mol. The van der Waals surface area contributed by atoms with E-state index >= 15 is 0 Å². The first-order valence-corrected chi connectivity index (χ1v) is 8.01. The molecule has 1 aromatic rings. The summed E-state index contributed by atoms with van der Waals surface area (Å²) in [6, 6.07) is 1.65. The molecule has 6 heteroatoms. The second-order valence-corrected chi connectivity index (χ2v) is 7.68. The molecule has 0 amide bonds. The molecule has 4 nitrogen and oxygen atoms in total. The van der Waals surface area contributed by atoms with Crippen LogP contribution in [0, 0.1) is 11.8 Å². The highest BCUT2D eigenvalue weighted by molar-refractivity contribution is 7.89. The van der Waals surface area contributed by atoms with Crippen molar-refractivity contribution in [2.24, 2.45) is 17.6 Å². The quantitative estimate of drug-likeness (QED) is 0.884. The van der Waals surface area contributed by atoms with Crippen LogP contribution < -0.4 is 5.73 Å². The predicted molar refractivity (Wildman–Crippen MR) is 69.3 cm³/mol. The summed E-state index contributed by atoms with van der Waals surface area (Å²) in [5.41, 5.74) is 5.56. The second kappa shape index (κ2) is 4.68. The minimum Gasteiger partial charge on any atom is -0.326 e. The van der Waals surface area contributed by atoms with Crippen LogP contribution in [0.3, 0.4) is 0 Å². The van der Waals surface area contributed by atoms with Gasteiger partial charge in [-0.15, -0.1) is 11.3 Å². The van der Waals surface area contributed by atoms with Crippen LogP contribution >= 0.6 is 11.3 Å². The van der Waals surface area contributed by atoms with Crippen LogP contribution in [0.25, 0.3) is 0 Å². The number of hydrogen-bond acceptors (Lipinski definition) is 4. The highest BCUT2D eigenvalue weighted by Gasteiger charge is 2.36. The van der Waals surface area contributed by atoms with Crippen molar-refractivity contribution in [1.29, 1.82) is 0 Å². The van der Waals surface area contributed by atoms with Gasteiger partial charge in [0.05, 0.1) is 4.90 Å². The first-order valence-electron chi connectivity index (χ1n) is 5.69. The molecule has 1 aromatic heterocycles. The molecule has 2 atom stereocenters. The maximum atomic E-state index is 12.3. The maximum Gasteiger partial charge on any atom is 0.243 e. The van der Waals surface area contributed by atoms with Gasteiger partial charge >= 0.3 is 0 Å². The van der Waals surface area contributed by atoms with E-state index in [0.29, 0.717) is 23.3 Å². The van der Waals surface area contributed by atoms with E-state index in [4.69, 9.17) is 5.73 Å². The van der Waals surface area contributed by atoms with Crippen molar-refractivity contribution in [3.05, 3.63) is 16.3 Å². The Kier molecular flexibility index (Phi) is 3.58. The van der Waals surface area contributed by atoms with Gasteiger partial charge < -0.3 is 5.73 Å². The summed E-state index contributed by atoms with van der Waals surface area (Å²) in [6.07, 6.45) is 1.13. The van der Waals surface area contributed by atoms with Crippen LogP contribution in [0.1, 0.15) is 18.2 Å². The minimum atomic E-state index is -3.35. The van der Waals surface area contributed by atoms with Gasteiger partial charge in [0.2, 0.25) is 10.0 Å². The fourth-order valence-corrected chi connectivity index (χ4v) is 4.49. The predicted octanol–water partition coefficient (Wildman–Crippen LogP) is 1.48. The van der Waals surface area contributed by atoms with E-state index in [2.05, 4.69) is 6.92 Å². The third kappa shape index (κ3) is 2.54. The topological polar surface area (TPSA) is 63.4 Å². The van der Waals surface area contributed by atoms with Gasteiger partial charge in [0.25, 0.3) is 0 Å². The number of rotatable bonds is 5. The molecule has 0 saturated heterocycles. The summed E-state index contributed by atoms with van der Waals surface area (Å²) in [5, 5.41) is 1.78. The normalized spacial score (nSPS) is 24.2. The van der Waals surface area contributed by atoms with Crippen LogP contribution in [-0.4, -0.2) is 26.3 Å². The van der Waals surface area contributed by atoms with Gasteiger partial charge in [0, 0.05) is 25.0 Å². The molecule has 2 unspecified atom stereocenters. The van der Waals surface area contributed by atoms with Crippen molar-refractivity contribution >= 4 is 21.4 Å². The lowest BCUT2D eigenvalue weighted by Crippen LogP contribution is -2.29. The summed E-state index contributed by atoms with van der Waals surface area (Å²) in [4.78, 5) is 1.11. The standard InChI is InChI=1S/C11H18N2O2S2/c1-8-5-9(8)7-13(2)17(14,15)11-3-4-16-10(11)6-12/h3-4,8-9H,5-7,12H2,1-2H3. The molecule has 96 valence electrons. The Bertz CT molecular complexity index is 495. The number of hydrogen-bond donors (Lipinski definition) is 1. The molecule has 1 aliphatic rings. The Labute approximate surface area is 106 Å². The third-order valence-corrected chi connectivity index (χ3v) is 6.33. The number of sulfonamides is 1. The van der Waals surface area contributed by atoms with Crippen molar-refractivity contribution in [1.82, 2.24) is 4.31 Å². The summed E-state index contributed by atoms with van der Waals surface area (Å²) >= 11 is 1.40. The smallest absolute Gasteiger partial charge is 0.243 e. The van der Waals surface area contributed by atoms with Crippen molar-refractivity contribution in [2.75, 3.05) is 13.6 Å². The minimum absolute atomic E-state index is 0.278. The van der Waals surface area contributed by atoms with Gasteiger partial charge in [-0.05, 0) is 29.7 Å². The van der Waals surface area contributed by atoms with Crippen LogP contribution in [0.5, 0.6) is 0 Å². The summed E-state index contributed by atoms with van der Waals surface area (Å²) < 4.78 is 26.1. The third-order valence-electron chi connectivity index (χ3n) is 3.35. The fraction of sp³-hybridized carbons (Fsp3) is 0.636. The number of nitrogens with two attached hydrogens (primary N) is 1. The van der Waals surface area contributed by atoms with E-state index in [1.54, 1.807) is 18.5 Å². The zero-order valence-corrected chi connectivity index (χ0v) is 11.7. The Morgan fingerprint density at radius 2 is 2.24 bits per heavy atom. The van der Waals surface area contributed by atoms with Gasteiger partial charge in [-0.2, -0.15) is 0 Å². The first-order chi connectivity index (χ1) is 7.96. The Balaban J connectivity index is 2.17. The average Bonchev–Trinajstić information content (AvgIpc) is 2.83. The van der Waals surface area contributed by atoms with Crippen molar-refractivity contribution in [3.63, 3.8) is 0 Å². The molecule has 2 N–H and O–H groups in total. The van der Waals surface area contributed by atoms with Gasteiger partial charge in [-0.3, -0.25) is 0 Å². The zero-order chi connectivity index (χ0) is 12.6. The number of thiophene rings is 1. The van der Waals surface area contributed by atoms with Crippen LogP contribution in [0.15, 0.2) is 16.3 Å². The maximum absolute atomic E-state index is 12.3. The second-order valence-electron chi connectivity index (χ2n) is 4.67. The molecule has 1 aliphatic carbocycles. The molecule has 2 rings (SSSR count). The molecule has 0 radical (unpaired) electrons. The van der Waals surface area contributed by atoms with E-state index in [9.17, 15) is 8.42 Å². The van der Waals surface area contributed by atoms with Crippen LogP contribution in [0.2, 0.25) is 0 Å². The molecule has 0 aromatic carbocycles. The van der Waals surface area contributed by atoms with Crippen LogP contribution in [0.4, 0.5) is 0 Å². The summed E-state index contributed by atoms with van der Waals surface area (Å²) in [6.45, 7) is 3.05. The van der Waals surface area contributed by atoms with E-state index < -0.39 is 10.0 Å². The van der Waals surface area contributed by atoms with Gasteiger partial charge in [-0.25, -0.2) is 12.7 Å². The largest absolute Gasteiger partial charge is 0.326 e. The Morgan fingerprint density at radius 1 is 1.59 bits per heavy atom. The van der Waals surface area contributed by atoms with E-state index in [-0.39, 0.29) is 6.54 Å². The highest BCUT2D eigenvalue weighted by Crippen LogP contribution is 2.39. The molecule has 0 bridgehead atoms. The Hall–Kier alpha value is -0.430.